The van der Waals surface area contributed by atoms with Crippen LogP contribution >= 0.6 is 0 Å². The third-order valence-corrected chi connectivity index (χ3v) is 2.27. The van der Waals surface area contributed by atoms with Crippen LogP contribution in [0.25, 0.3) is 0 Å². The third-order valence-electron chi connectivity index (χ3n) is 1.42. The molecule has 0 aromatic heterocycles. The summed E-state index contributed by atoms with van der Waals surface area (Å²) in [5.74, 6) is 0. The fraction of sp³-hybridized carbons (Fsp3) is 0.143. The first-order chi connectivity index (χ1) is 5.54. The van der Waals surface area contributed by atoms with Crippen LogP contribution in [0.2, 0.25) is 0 Å². The lowest BCUT2D eigenvalue weighted by Gasteiger charge is -2.00. The minimum atomic E-state index is -4.08. The molecule has 0 heterocycles. The van der Waals surface area contributed by atoms with Crippen molar-refractivity contribution in [2.24, 2.45) is 0 Å². The van der Waals surface area contributed by atoms with E-state index in [1.165, 1.54) is 12.1 Å². The van der Waals surface area contributed by atoms with Crippen LogP contribution in [0.15, 0.2) is 29.2 Å². The molecule has 5 heteroatoms. The minimum absolute atomic E-state index is 0. The number of hydrogen-bond donors (Lipinski definition) is 2. The van der Waals surface area contributed by atoms with Gasteiger partial charge in [-0.15, -0.1) is 0 Å². The topological polar surface area (TPSA) is 66.4 Å². The second-order valence-corrected chi connectivity index (χ2v) is 3.67. The molecule has 0 unspecified atom stereocenters. The summed E-state index contributed by atoms with van der Waals surface area (Å²) in [6.07, 6.45) is 0. The van der Waals surface area contributed by atoms with Crippen molar-refractivity contribution >= 4 is 15.8 Å². The predicted molar refractivity (Wildman–Crippen MR) is 47.9 cm³/mol. The van der Waals surface area contributed by atoms with Gasteiger partial charge >= 0.3 is 0 Å². The Morgan fingerprint density at radius 1 is 1.50 bits per heavy atom. The van der Waals surface area contributed by atoms with E-state index in [-0.39, 0.29) is 6.32 Å². The molecule has 12 heavy (non-hydrogen) atoms. The first-order valence-corrected chi connectivity index (χ1v) is 4.73. The lowest BCUT2D eigenvalue weighted by molar-refractivity contribution is 0.483. The van der Waals surface area contributed by atoms with Crippen molar-refractivity contribution in [2.45, 2.75) is 4.90 Å². The maximum Gasteiger partial charge on any atom is 0.294 e. The summed E-state index contributed by atoms with van der Waals surface area (Å²) in [4.78, 5) is -0.102. The largest absolute Gasteiger partial charge is 0.388 e. The quantitative estimate of drug-likeness (QED) is 0.686. The maximum atomic E-state index is 10.6. The standard InChI is InChI=1S/C7H9NO3S.H2/c1-8-6-3-2-4-7(5-6)12(9,10)11;/h2-5,8H,1H3,(H,9,10,11);1H. The van der Waals surface area contributed by atoms with Crippen molar-refractivity contribution in [3.05, 3.63) is 24.3 Å². The van der Waals surface area contributed by atoms with Gasteiger partial charge in [-0.2, -0.15) is 8.42 Å². The SMILES string of the molecule is CNc1cccc(S(=O)(=O)O)c1.[HH]. The van der Waals surface area contributed by atoms with Crippen molar-refractivity contribution in [1.29, 1.82) is 0 Å². The molecule has 0 saturated carbocycles. The Morgan fingerprint density at radius 2 is 2.17 bits per heavy atom. The number of hydrogen-bond acceptors (Lipinski definition) is 3. The molecular formula is C7H11NO3S. The first-order valence-electron chi connectivity index (χ1n) is 3.29. The van der Waals surface area contributed by atoms with E-state index in [9.17, 15) is 8.42 Å². The Kier molecular flexibility index (Phi) is 2.35. The molecule has 2 N–H and O–H groups in total. The smallest absolute Gasteiger partial charge is 0.294 e. The van der Waals surface area contributed by atoms with E-state index in [2.05, 4.69) is 5.32 Å². The van der Waals surface area contributed by atoms with E-state index in [0.29, 0.717) is 5.69 Å². The monoisotopic (exact) mass is 189 g/mol. The third kappa shape index (κ3) is 1.96. The number of anilines is 1. The number of benzene rings is 1. The number of nitrogens with one attached hydrogen (secondary N) is 1. The molecule has 0 fully saturated rings. The van der Waals surface area contributed by atoms with Gasteiger partial charge in [-0.05, 0) is 18.2 Å². The summed E-state index contributed by atoms with van der Waals surface area (Å²) in [7, 11) is -2.41. The van der Waals surface area contributed by atoms with Gasteiger partial charge in [-0.1, -0.05) is 6.07 Å². The highest BCUT2D eigenvalue weighted by atomic mass is 32.2. The van der Waals surface area contributed by atoms with Gasteiger partial charge in [0.05, 0.1) is 4.90 Å². The Hall–Kier alpha value is -1.07. The second-order valence-electron chi connectivity index (χ2n) is 2.25. The minimum Gasteiger partial charge on any atom is -0.388 e. The Labute approximate surface area is 72.5 Å². The van der Waals surface area contributed by atoms with Crippen LogP contribution in [0.5, 0.6) is 0 Å². The molecule has 68 valence electrons. The summed E-state index contributed by atoms with van der Waals surface area (Å²) in [6, 6.07) is 5.94. The predicted octanol–water partition coefficient (Wildman–Crippen LogP) is 1.22. The second kappa shape index (κ2) is 3.12. The van der Waals surface area contributed by atoms with Crippen LogP contribution < -0.4 is 5.32 Å². The fourth-order valence-corrected chi connectivity index (χ4v) is 1.34. The average molecular weight is 189 g/mol. The molecule has 0 amide bonds. The fourth-order valence-electron chi connectivity index (χ4n) is 0.812. The molecule has 0 atom stereocenters. The van der Waals surface area contributed by atoms with Gasteiger partial charge in [0.1, 0.15) is 0 Å². The summed E-state index contributed by atoms with van der Waals surface area (Å²) in [5, 5.41) is 2.76. The zero-order valence-electron chi connectivity index (χ0n) is 6.48. The van der Waals surface area contributed by atoms with Gasteiger partial charge in [0.15, 0.2) is 0 Å². The highest BCUT2D eigenvalue weighted by Crippen LogP contribution is 2.13. The van der Waals surface area contributed by atoms with E-state index in [1.54, 1.807) is 19.2 Å². The van der Waals surface area contributed by atoms with Gasteiger partial charge in [-0.3, -0.25) is 4.55 Å². The van der Waals surface area contributed by atoms with Crippen molar-refractivity contribution in [1.82, 2.24) is 0 Å². The lowest BCUT2D eigenvalue weighted by atomic mass is 10.3. The van der Waals surface area contributed by atoms with Crippen LogP contribution in [0, 0.1) is 0 Å². The Bertz CT molecular complexity index is 377. The van der Waals surface area contributed by atoms with E-state index < -0.39 is 10.1 Å². The Balaban J connectivity index is 0.00000144. The summed E-state index contributed by atoms with van der Waals surface area (Å²) in [6.45, 7) is 0. The molecule has 4 nitrogen and oxygen atoms in total. The van der Waals surface area contributed by atoms with Crippen LogP contribution in [-0.2, 0) is 10.1 Å². The molecule has 0 saturated heterocycles. The van der Waals surface area contributed by atoms with E-state index in [0.717, 1.165) is 0 Å². The average Bonchev–Trinajstić information content (AvgIpc) is 2.03. The molecule has 1 aromatic rings. The van der Waals surface area contributed by atoms with Gasteiger partial charge in [0.2, 0.25) is 0 Å². The molecule has 0 aliphatic rings. The van der Waals surface area contributed by atoms with Gasteiger partial charge in [0, 0.05) is 14.2 Å². The molecule has 1 rings (SSSR count). The van der Waals surface area contributed by atoms with Gasteiger partial charge in [-0.25, -0.2) is 0 Å². The van der Waals surface area contributed by atoms with Crippen molar-refractivity contribution < 1.29 is 14.4 Å². The molecule has 1 aromatic carbocycles. The van der Waals surface area contributed by atoms with Crippen LogP contribution in [0.1, 0.15) is 1.43 Å². The zero-order valence-corrected chi connectivity index (χ0v) is 7.30. The highest BCUT2D eigenvalue weighted by Gasteiger charge is 2.08. The molecule has 0 spiro atoms. The number of rotatable bonds is 2. The van der Waals surface area contributed by atoms with Gasteiger partial charge < -0.3 is 5.32 Å². The molecule has 0 aliphatic carbocycles. The maximum absolute atomic E-state index is 10.6. The summed E-state index contributed by atoms with van der Waals surface area (Å²) >= 11 is 0. The van der Waals surface area contributed by atoms with Crippen molar-refractivity contribution in [2.75, 3.05) is 12.4 Å². The van der Waals surface area contributed by atoms with E-state index >= 15 is 0 Å². The molecule has 0 bridgehead atoms. The van der Waals surface area contributed by atoms with Crippen LogP contribution in [0.4, 0.5) is 5.69 Å². The Morgan fingerprint density at radius 3 is 2.67 bits per heavy atom. The normalized spacial score (nSPS) is 11.2. The van der Waals surface area contributed by atoms with Crippen molar-refractivity contribution in [3.63, 3.8) is 0 Å². The van der Waals surface area contributed by atoms with E-state index in [1.807, 2.05) is 0 Å². The lowest BCUT2D eigenvalue weighted by Crippen LogP contribution is -1.98. The van der Waals surface area contributed by atoms with Crippen molar-refractivity contribution in [3.8, 4) is 0 Å². The van der Waals surface area contributed by atoms with Crippen LogP contribution in [0.3, 0.4) is 0 Å². The van der Waals surface area contributed by atoms with Gasteiger partial charge in [0.25, 0.3) is 10.1 Å². The van der Waals surface area contributed by atoms with E-state index in [4.69, 9.17) is 4.55 Å². The zero-order chi connectivity index (χ0) is 9.19. The summed E-state index contributed by atoms with van der Waals surface area (Å²) in [5.41, 5.74) is 0.644. The first kappa shape index (κ1) is 9.02. The highest BCUT2D eigenvalue weighted by molar-refractivity contribution is 7.85. The molecular weight excluding hydrogens is 178 g/mol. The molecule has 0 radical (unpaired) electrons. The molecule has 0 aliphatic heterocycles. The summed E-state index contributed by atoms with van der Waals surface area (Å²) < 4.78 is 29.9. The van der Waals surface area contributed by atoms with Crippen LogP contribution in [-0.4, -0.2) is 20.0 Å².